The van der Waals surface area contributed by atoms with E-state index in [4.69, 9.17) is 9.47 Å². The molecule has 136 valence electrons. The highest BCUT2D eigenvalue weighted by Gasteiger charge is 2.30. The van der Waals surface area contributed by atoms with Gasteiger partial charge in [0.15, 0.2) is 0 Å². The molecule has 5 heteroatoms. The maximum atomic E-state index is 12.0. The van der Waals surface area contributed by atoms with Crippen LogP contribution < -0.4 is 0 Å². The summed E-state index contributed by atoms with van der Waals surface area (Å²) in [5, 5.41) is 9.18. The van der Waals surface area contributed by atoms with Crippen molar-refractivity contribution in [3.63, 3.8) is 0 Å². The Hall–Kier alpha value is -2.82. The van der Waals surface area contributed by atoms with Gasteiger partial charge in [0.25, 0.3) is 0 Å². The van der Waals surface area contributed by atoms with E-state index in [1.165, 1.54) is 0 Å². The van der Waals surface area contributed by atoms with Crippen LogP contribution in [0.5, 0.6) is 0 Å². The van der Waals surface area contributed by atoms with Crippen LogP contribution in [0.2, 0.25) is 0 Å². The van der Waals surface area contributed by atoms with Gasteiger partial charge in [0.05, 0.1) is 0 Å². The average molecular weight is 354 g/mol. The number of benzene rings is 2. The van der Waals surface area contributed by atoms with Crippen LogP contribution in [0, 0.1) is 5.92 Å². The van der Waals surface area contributed by atoms with Gasteiger partial charge in [0.2, 0.25) is 6.10 Å². The first-order chi connectivity index (χ1) is 12.5. The second-order valence-corrected chi connectivity index (χ2v) is 6.86. The van der Waals surface area contributed by atoms with Gasteiger partial charge in [-0.05, 0) is 34.6 Å². The smallest absolute Gasteiger partial charge is 0.479 e. The van der Waals surface area contributed by atoms with Crippen LogP contribution in [0.15, 0.2) is 48.5 Å². The number of hydrogen-bond acceptors (Lipinski definition) is 4. The van der Waals surface area contributed by atoms with E-state index >= 15 is 0 Å². The molecule has 0 fully saturated rings. The third-order valence-corrected chi connectivity index (χ3v) is 4.53. The number of aliphatic carboxylic acids is 1. The van der Waals surface area contributed by atoms with Crippen LogP contribution in [-0.2, 0) is 14.3 Å². The summed E-state index contributed by atoms with van der Waals surface area (Å²) >= 11 is 0. The number of fused-ring (bicyclic) bond motifs is 3. The minimum atomic E-state index is -1.19. The fourth-order valence-corrected chi connectivity index (χ4v) is 3.37. The zero-order valence-electron chi connectivity index (χ0n) is 14.8. The first-order valence-electron chi connectivity index (χ1n) is 8.71. The van der Waals surface area contributed by atoms with Crippen molar-refractivity contribution < 1.29 is 24.2 Å². The lowest BCUT2D eigenvalue weighted by molar-refractivity contribution is -0.149. The Bertz CT molecular complexity index is 766. The first kappa shape index (κ1) is 18.0. The summed E-state index contributed by atoms with van der Waals surface area (Å²) in [6, 6.07) is 16.0. The fourth-order valence-electron chi connectivity index (χ4n) is 3.37. The van der Waals surface area contributed by atoms with Gasteiger partial charge < -0.3 is 14.6 Å². The highest BCUT2D eigenvalue weighted by atomic mass is 16.7. The Labute approximate surface area is 152 Å². The van der Waals surface area contributed by atoms with Crippen molar-refractivity contribution >= 4 is 12.1 Å². The highest BCUT2D eigenvalue weighted by molar-refractivity contribution is 5.79. The molecular formula is C21H22O5. The van der Waals surface area contributed by atoms with Gasteiger partial charge in [-0.2, -0.15) is 0 Å². The number of hydrogen-bond donors (Lipinski definition) is 1. The molecular weight excluding hydrogens is 332 g/mol. The van der Waals surface area contributed by atoms with E-state index in [0.717, 1.165) is 22.3 Å². The highest BCUT2D eigenvalue weighted by Crippen LogP contribution is 2.44. The zero-order chi connectivity index (χ0) is 18.7. The molecule has 0 spiro atoms. The van der Waals surface area contributed by atoms with Crippen molar-refractivity contribution in [1.82, 2.24) is 0 Å². The molecule has 0 bridgehead atoms. The number of ether oxygens (including phenoxy) is 2. The van der Waals surface area contributed by atoms with Crippen molar-refractivity contribution in [2.24, 2.45) is 5.92 Å². The first-order valence-corrected chi connectivity index (χ1v) is 8.71. The standard InChI is InChI=1S/C21H22O5/c1-13(2)11-19(20(22)23)26-21(24)25-12-18-16-9-5-3-7-14(16)15-8-4-6-10-17(15)18/h3-10,13,18-19H,11-12H2,1-2H3,(H,22,23)/t19-/m0/s1. The molecule has 1 aliphatic carbocycles. The minimum Gasteiger partial charge on any atom is -0.479 e. The second-order valence-electron chi connectivity index (χ2n) is 6.86. The molecule has 0 amide bonds. The summed E-state index contributed by atoms with van der Waals surface area (Å²) < 4.78 is 10.3. The fraction of sp³-hybridized carbons (Fsp3) is 0.333. The Balaban J connectivity index is 1.70. The normalized spacial score (nSPS) is 13.8. The van der Waals surface area contributed by atoms with E-state index < -0.39 is 18.2 Å². The molecule has 26 heavy (non-hydrogen) atoms. The van der Waals surface area contributed by atoms with Gasteiger partial charge in [0, 0.05) is 5.92 Å². The molecule has 0 saturated heterocycles. The molecule has 1 N–H and O–H groups in total. The summed E-state index contributed by atoms with van der Waals surface area (Å²) in [6.45, 7) is 3.86. The molecule has 1 atom stereocenters. The molecule has 1 aliphatic rings. The third-order valence-electron chi connectivity index (χ3n) is 4.53. The van der Waals surface area contributed by atoms with Crippen LogP contribution in [0.25, 0.3) is 11.1 Å². The van der Waals surface area contributed by atoms with Crippen LogP contribution in [0.1, 0.15) is 37.3 Å². The van der Waals surface area contributed by atoms with Gasteiger partial charge in [-0.25, -0.2) is 9.59 Å². The van der Waals surface area contributed by atoms with E-state index in [-0.39, 0.29) is 24.9 Å². The van der Waals surface area contributed by atoms with Crippen LogP contribution in [0.3, 0.4) is 0 Å². The third kappa shape index (κ3) is 3.72. The van der Waals surface area contributed by atoms with E-state index in [9.17, 15) is 14.7 Å². The van der Waals surface area contributed by atoms with Gasteiger partial charge in [-0.1, -0.05) is 62.4 Å². The summed E-state index contributed by atoms with van der Waals surface area (Å²) in [6.07, 6.45) is -1.88. The van der Waals surface area contributed by atoms with Crippen molar-refractivity contribution in [3.05, 3.63) is 59.7 Å². The molecule has 0 heterocycles. The molecule has 0 aliphatic heterocycles. The molecule has 0 radical (unpaired) electrons. The van der Waals surface area contributed by atoms with Crippen molar-refractivity contribution in [2.75, 3.05) is 6.61 Å². The summed E-state index contributed by atoms with van der Waals surface area (Å²) in [5.41, 5.74) is 4.46. The van der Waals surface area contributed by atoms with Gasteiger partial charge in [0.1, 0.15) is 6.61 Å². The number of carbonyl (C=O) groups excluding carboxylic acids is 1. The Morgan fingerprint density at radius 3 is 2.04 bits per heavy atom. The van der Waals surface area contributed by atoms with E-state index in [1.54, 1.807) is 0 Å². The number of carbonyl (C=O) groups is 2. The lowest BCUT2D eigenvalue weighted by Gasteiger charge is -2.17. The van der Waals surface area contributed by atoms with E-state index in [0.29, 0.717) is 0 Å². The molecule has 0 saturated carbocycles. The zero-order valence-corrected chi connectivity index (χ0v) is 14.8. The molecule has 3 rings (SSSR count). The quantitative estimate of drug-likeness (QED) is 0.776. The molecule has 0 aromatic heterocycles. The molecule has 0 unspecified atom stereocenters. The molecule has 2 aromatic rings. The Kier molecular flexibility index (Phi) is 5.26. The van der Waals surface area contributed by atoms with Gasteiger partial charge in [-0.15, -0.1) is 0 Å². The van der Waals surface area contributed by atoms with Crippen molar-refractivity contribution in [1.29, 1.82) is 0 Å². The average Bonchev–Trinajstić information content (AvgIpc) is 2.93. The van der Waals surface area contributed by atoms with Crippen molar-refractivity contribution in [3.8, 4) is 11.1 Å². The lowest BCUT2D eigenvalue weighted by atomic mass is 9.98. The topological polar surface area (TPSA) is 72.8 Å². The van der Waals surface area contributed by atoms with Gasteiger partial charge in [-0.3, -0.25) is 0 Å². The lowest BCUT2D eigenvalue weighted by Crippen LogP contribution is -2.29. The summed E-state index contributed by atoms with van der Waals surface area (Å²) in [4.78, 5) is 23.2. The van der Waals surface area contributed by atoms with Crippen LogP contribution in [-0.4, -0.2) is 29.9 Å². The molecule has 5 nitrogen and oxygen atoms in total. The van der Waals surface area contributed by atoms with Crippen LogP contribution >= 0.6 is 0 Å². The minimum absolute atomic E-state index is 0.0803. The largest absolute Gasteiger partial charge is 0.509 e. The maximum absolute atomic E-state index is 12.0. The predicted molar refractivity (Wildman–Crippen MR) is 97.0 cm³/mol. The van der Waals surface area contributed by atoms with E-state index in [2.05, 4.69) is 12.1 Å². The number of rotatable bonds is 6. The SMILES string of the molecule is CC(C)C[C@H](OC(=O)OCC1c2ccccc2-c2ccccc21)C(=O)O. The number of carboxylic acid groups (broad SMARTS) is 1. The van der Waals surface area contributed by atoms with Gasteiger partial charge >= 0.3 is 12.1 Å². The number of carboxylic acids is 1. The second kappa shape index (κ2) is 7.60. The predicted octanol–water partition coefficient (Wildman–Crippen LogP) is 4.45. The Morgan fingerprint density at radius 2 is 1.54 bits per heavy atom. The molecule has 2 aromatic carbocycles. The summed E-state index contributed by atoms with van der Waals surface area (Å²) in [5.74, 6) is -1.15. The maximum Gasteiger partial charge on any atom is 0.509 e. The van der Waals surface area contributed by atoms with Crippen LogP contribution in [0.4, 0.5) is 4.79 Å². The van der Waals surface area contributed by atoms with Crippen molar-refractivity contribution in [2.45, 2.75) is 32.3 Å². The monoisotopic (exact) mass is 354 g/mol. The Morgan fingerprint density at radius 1 is 1.00 bits per heavy atom. The summed E-state index contributed by atoms with van der Waals surface area (Å²) in [7, 11) is 0. The van der Waals surface area contributed by atoms with E-state index in [1.807, 2.05) is 50.2 Å².